The summed E-state index contributed by atoms with van der Waals surface area (Å²) in [4.78, 5) is 0. The van der Waals surface area contributed by atoms with Crippen molar-refractivity contribution in [2.24, 2.45) is 0 Å². The maximum atomic E-state index is 8.45. The Labute approximate surface area is 71.9 Å². The quantitative estimate of drug-likeness (QED) is 0.669. The van der Waals surface area contributed by atoms with E-state index in [-0.39, 0.29) is 0 Å². The van der Waals surface area contributed by atoms with Gasteiger partial charge >= 0.3 is 0 Å². The van der Waals surface area contributed by atoms with Crippen molar-refractivity contribution in [1.82, 2.24) is 5.48 Å². The van der Waals surface area contributed by atoms with Crippen LogP contribution in [-0.2, 0) is 6.54 Å². The van der Waals surface area contributed by atoms with Gasteiger partial charge in [-0.3, -0.25) is 0 Å². The molecule has 0 saturated heterocycles. The molecule has 0 aromatic heterocycles. The number of rotatable bonds is 4. The SMILES string of the molecule is CCOc1cccc(CNO)c1. The predicted molar refractivity (Wildman–Crippen MR) is 46.2 cm³/mol. The Balaban J connectivity index is 2.67. The molecule has 0 amide bonds. The first-order valence-electron chi connectivity index (χ1n) is 3.95. The smallest absolute Gasteiger partial charge is 0.119 e. The molecule has 1 aromatic carbocycles. The fraction of sp³-hybridized carbons (Fsp3) is 0.333. The summed E-state index contributed by atoms with van der Waals surface area (Å²) in [5.41, 5.74) is 3.10. The van der Waals surface area contributed by atoms with Crippen molar-refractivity contribution in [2.45, 2.75) is 13.5 Å². The number of nitrogens with one attached hydrogen (secondary N) is 1. The molecule has 0 aliphatic rings. The molecule has 2 N–H and O–H groups in total. The van der Waals surface area contributed by atoms with Crippen LogP contribution in [0.15, 0.2) is 24.3 Å². The lowest BCUT2D eigenvalue weighted by Crippen LogP contribution is -2.06. The molecule has 12 heavy (non-hydrogen) atoms. The molecule has 0 spiro atoms. The van der Waals surface area contributed by atoms with Crippen LogP contribution in [0.2, 0.25) is 0 Å². The molecule has 1 aromatic rings. The van der Waals surface area contributed by atoms with Crippen LogP contribution >= 0.6 is 0 Å². The van der Waals surface area contributed by atoms with Crippen LogP contribution in [0.4, 0.5) is 0 Å². The van der Waals surface area contributed by atoms with Gasteiger partial charge in [-0.25, -0.2) is 5.48 Å². The van der Waals surface area contributed by atoms with Crippen molar-refractivity contribution in [2.75, 3.05) is 6.61 Å². The molecule has 66 valence electrons. The van der Waals surface area contributed by atoms with Gasteiger partial charge in [0.05, 0.1) is 6.61 Å². The summed E-state index contributed by atoms with van der Waals surface area (Å²) in [6, 6.07) is 7.61. The van der Waals surface area contributed by atoms with Gasteiger partial charge in [-0.05, 0) is 24.6 Å². The van der Waals surface area contributed by atoms with Crippen molar-refractivity contribution in [3.05, 3.63) is 29.8 Å². The van der Waals surface area contributed by atoms with Gasteiger partial charge in [0.2, 0.25) is 0 Å². The highest BCUT2D eigenvalue weighted by Crippen LogP contribution is 2.12. The van der Waals surface area contributed by atoms with E-state index in [1.54, 1.807) is 0 Å². The molecule has 1 rings (SSSR count). The Morgan fingerprint density at radius 1 is 1.50 bits per heavy atom. The van der Waals surface area contributed by atoms with E-state index in [9.17, 15) is 0 Å². The second-order valence-electron chi connectivity index (χ2n) is 2.42. The van der Waals surface area contributed by atoms with Crippen LogP contribution in [0.3, 0.4) is 0 Å². The van der Waals surface area contributed by atoms with Gasteiger partial charge < -0.3 is 9.94 Å². The second kappa shape index (κ2) is 4.74. The van der Waals surface area contributed by atoms with Gasteiger partial charge in [0.1, 0.15) is 5.75 Å². The monoisotopic (exact) mass is 167 g/mol. The van der Waals surface area contributed by atoms with Crippen molar-refractivity contribution < 1.29 is 9.94 Å². The molecular formula is C9H13NO2. The highest BCUT2D eigenvalue weighted by molar-refractivity contribution is 5.28. The van der Waals surface area contributed by atoms with Crippen molar-refractivity contribution in [3.63, 3.8) is 0 Å². The molecule has 0 radical (unpaired) electrons. The normalized spacial score (nSPS) is 9.83. The Bertz CT molecular complexity index is 216. The minimum absolute atomic E-state index is 0.445. The Kier molecular flexibility index (Phi) is 3.57. The van der Waals surface area contributed by atoms with Crippen LogP contribution in [0.5, 0.6) is 5.75 Å². The predicted octanol–water partition coefficient (Wildman–Crippen LogP) is 1.56. The van der Waals surface area contributed by atoms with Crippen LogP contribution in [-0.4, -0.2) is 11.8 Å². The second-order valence-corrected chi connectivity index (χ2v) is 2.42. The number of benzene rings is 1. The van der Waals surface area contributed by atoms with Crippen molar-refractivity contribution in [1.29, 1.82) is 0 Å². The minimum Gasteiger partial charge on any atom is -0.494 e. The van der Waals surface area contributed by atoms with Crippen LogP contribution in [0.25, 0.3) is 0 Å². The first-order valence-corrected chi connectivity index (χ1v) is 3.95. The molecule has 0 fully saturated rings. The lowest BCUT2D eigenvalue weighted by Gasteiger charge is -2.04. The zero-order chi connectivity index (χ0) is 8.81. The van der Waals surface area contributed by atoms with E-state index in [1.807, 2.05) is 31.2 Å². The first kappa shape index (κ1) is 9.03. The van der Waals surface area contributed by atoms with E-state index in [2.05, 4.69) is 5.48 Å². The average Bonchev–Trinajstić information content (AvgIpc) is 2.06. The molecule has 3 nitrogen and oxygen atoms in total. The Hall–Kier alpha value is -1.06. The summed E-state index contributed by atoms with van der Waals surface area (Å²) < 4.78 is 5.28. The fourth-order valence-electron chi connectivity index (χ4n) is 1.00. The maximum Gasteiger partial charge on any atom is 0.119 e. The van der Waals surface area contributed by atoms with Crippen molar-refractivity contribution in [3.8, 4) is 5.75 Å². The summed E-state index contributed by atoms with van der Waals surface area (Å²) in [5, 5.41) is 8.45. The highest BCUT2D eigenvalue weighted by atomic mass is 16.5. The summed E-state index contributed by atoms with van der Waals surface area (Å²) >= 11 is 0. The lowest BCUT2D eigenvalue weighted by molar-refractivity contribution is 0.161. The third-order valence-corrected chi connectivity index (χ3v) is 1.49. The highest BCUT2D eigenvalue weighted by Gasteiger charge is 1.94. The molecule has 0 bridgehead atoms. The number of hydrogen-bond donors (Lipinski definition) is 2. The molecule has 0 aliphatic carbocycles. The molecule has 3 heteroatoms. The van der Waals surface area contributed by atoms with Crippen LogP contribution < -0.4 is 10.2 Å². The summed E-state index contributed by atoms with van der Waals surface area (Å²) in [7, 11) is 0. The standard InChI is InChI=1S/C9H13NO2/c1-2-12-9-5-3-4-8(6-9)7-10-11/h3-6,10-11H,2,7H2,1H3. The number of hydroxylamine groups is 1. The largest absolute Gasteiger partial charge is 0.494 e. The van der Waals surface area contributed by atoms with Gasteiger partial charge in [-0.15, -0.1) is 0 Å². The average molecular weight is 167 g/mol. The molecule has 0 unspecified atom stereocenters. The topological polar surface area (TPSA) is 41.5 Å². The molecule has 0 atom stereocenters. The third kappa shape index (κ3) is 2.53. The van der Waals surface area contributed by atoms with E-state index in [1.165, 1.54) is 0 Å². The molecule has 0 aliphatic heterocycles. The van der Waals surface area contributed by atoms with E-state index < -0.39 is 0 Å². The Morgan fingerprint density at radius 3 is 3.00 bits per heavy atom. The van der Waals surface area contributed by atoms with E-state index in [4.69, 9.17) is 9.94 Å². The summed E-state index contributed by atoms with van der Waals surface area (Å²) in [6.07, 6.45) is 0. The fourth-order valence-corrected chi connectivity index (χ4v) is 1.00. The third-order valence-electron chi connectivity index (χ3n) is 1.49. The molecular weight excluding hydrogens is 154 g/mol. The van der Waals surface area contributed by atoms with E-state index in [0.29, 0.717) is 13.2 Å². The lowest BCUT2D eigenvalue weighted by atomic mass is 10.2. The van der Waals surface area contributed by atoms with Gasteiger partial charge in [-0.2, -0.15) is 0 Å². The maximum absolute atomic E-state index is 8.45. The number of hydrogen-bond acceptors (Lipinski definition) is 3. The molecule has 0 heterocycles. The van der Waals surface area contributed by atoms with Crippen LogP contribution in [0, 0.1) is 0 Å². The van der Waals surface area contributed by atoms with E-state index in [0.717, 1.165) is 11.3 Å². The molecule has 0 saturated carbocycles. The van der Waals surface area contributed by atoms with Gasteiger partial charge in [0.15, 0.2) is 0 Å². The van der Waals surface area contributed by atoms with E-state index >= 15 is 0 Å². The number of ether oxygens (including phenoxy) is 1. The van der Waals surface area contributed by atoms with Gasteiger partial charge in [0, 0.05) is 6.54 Å². The summed E-state index contributed by atoms with van der Waals surface area (Å²) in [6.45, 7) is 3.05. The summed E-state index contributed by atoms with van der Waals surface area (Å²) in [5.74, 6) is 0.838. The minimum atomic E-state index is 0.445. The van der Waals surface area contributed by atoms with Gasteiger partial charge in [0.25, 0.3) is 0 Å². The van der Waals surface area contributed by atoms with Crippen molar-refractivity contribution >= 4 is 0 Å². The van der Waals surface area contributed by atoms with Gasteiger partial charge in [-0.1, -0.05) is 12.1 Å². The zero-order valence-corrected chi connectivity index (χ0v) is 7.08. The zero-order valence-electron chi connectivity index (χ0n) is 7.08. The Morgan fingerprint density at radius 2 is 2.33 bits per heavy atom. The van der Waals surface area contributed by atoms with Crippen LogP contribution in [0.1, 0.15) is 12.5 Å². The first-order chi connectivity index (χ1) is 5.86.